The van der Waals surface area contributed by atoms with E-state index < -0.39 is 10.0 Å². The summed E-state index contributed by atoms with van der Waals surface area (Å²) < 4.78 is 27.5. The molecule has 1 atom stereocenters. The van der Waals surface area contributed by atoms with Crippen LogP contribution in [-0.4, -0.2) is 19.6 Å². The summed E-state index contributed by atoms with van der Waals surface area (Å²) in [7, 11) is -3.62. The van der Waals surface area contributed by atoms with Gasteiger partial charge in [-0.3, -0.25) is 0 Å². The molecule has 0 saturated heterocycles. The Labute approximate surface area is 129 Å². The molecule has 21 heavy (non-hydrogen) atoms. The van der Waals surface area contributed by atoms with Gasteiger partial charge in [0.15, 0.2) is 0 Å². The number of nitrogens with one attached hydrogen (secondary N) is 1. The SMILES string of the molecule is Cc1ccc(CC(C)NS(=O)(=O)c2ccccc2CO)s1. The maximum atomic E-state index is 12.4. The predicted molar refractivity (Wildman–Crippen MR) is 84.9 cm³/mol. The molecule has 0 radical (unpaired) electrons. The van der Waals surface area contributed by atoms with Gasteiger partial charge in [-0.25, -0.2) is 13.1 Å². The van der Waals surface area contributed by atoms with E-state index in [1.807, 2.05) is 26.0 Å². The molecule has 1 aromatic carbocycles. The fourth-order valence-corrected chi connectivity index (χ4v) is 4.66. The van der Waals surface area contributed by atoms with Gasteiger partial charge >= 0.3 is 0 Å². The lowest BCUT2D eigenvalue weighted by Crippen LogP contribution is -2.34. The average Bonchev–Trinajstić information content (AvgIpc) is 2.83. The van der Waals surface area contributed by atoms with Gasteiger partial charge < -0.3 is 5.11 Å². The Bertz CT molecular complexity index is 707. The molecule has 6 heteroatoms. The Kier molecular flexibility index (Phi) is 5.16. The molecule has 0 amide bonds. The van der Waals surface area contributed by atoms with Crippen LogP contribution in [0, 0.1) is 6.92 Å². The maximum absolute atomic E-state index is 12.4. The molecule has 0 saturated carbocycles. The van der Waals surface area contributed by atoms with Gasteiger partial charge in [-0.15, -0.1) is 11.3 Å². The van der Waals surface area contributed by atoms with Gasteiger partial charge in [0.25, 0.3) is 0 Å². The quantitative estimate of drug-likeness (QED) is 0.857. The van der Waals surface area contributed by atoms with Crippen LogP contribution in [0.4, 0.5) is 0 Å². The lowest BCUT2D eigenvalue weighted by molar-refractivity contribution is 0.278. The molecule has 0 fully saturated rings. The van der Waals surface area contributed by atoms with Crippen molar-refractivity contribution in [3.8, 4) is 0 Å². The van der Waals surface area contributed by atoms with Crippen LogP contribution in [0.3, 0.4) is 0 Å². The molecular formula is C15H19NO3S2. The minimum Gasteiger partial charge on any atom is -0.392 e. The summed E-state index contributed by atoms with van der Waals surface area (Å²) in [6.07, 6.45) is 0.652. The minimum absolute atomic E-state index is 0.140. The number of hydrogen-bond acceptors (Lipinski definition) is 4. The van der Waals surface area contributed by atoms with Crippen molar-refractivity contribution < 1.29 is 13.5 Å². The van der Waals surface area contributed by atoms with Crippen LogP contribution in [-0.2, 0) is 23.1 Å². The van der Waals surface area contributed by atoms with Crippen LogP contribution < -0.4 is 4.72 Å². The van der Waals surface area contributed by atoms with Crippen LogP contribution in [0.5, 0.6) is 0 Å². The zero-order chi connectivity index (χ0) is 15.5. The van der Waals surface area contributed by atoms with Gasteiger partial charge in [-0.2, -0.15) is 0 Å². The number of benzene rings is 1. The van der Waals surface area contributed by atoms with Gasteiger partial charge in [-0.1, -0.05) is 18.2 Å². The lowest BCUT2D eigenvalue weighted by atomic mass is 10.2. The fourth-order valence-electron chi connectivity index (χ4n) is 2.16. The lowest BCUT2D eigenvalue weighted by Gasteiger charge is -2.15. The third-order valence-electron chi connectivity index (χ3n) is 3.09. The standard InChI is InChI=1S/C15H19NO3S2/c1-11(9-14-8-7-12(2)20-14)16-21(18,19)15-6-4-3-5-13(15)10-17/h3-8,11,16-17H,9-10H2,1-2H3. The number of hydrogen-bond donors (Lipinski definition) is 2. The molecule has 1 aromatic heterocycles. The van der Waals surface area contributed by atoms with Crippen molar-refractivity contribution in [3.63, 3.8) is 0 Å². The van der Waals surface area contributed by atoms with Crippen molar-refractivity contribution in [2.24, 2.45) is 0 Å². The van der Waals surface area contributed by atoms with E-state index in [4.69, 9.17) is 0 Å². The topological polar surface area (TPSA) is 66.4 Å². The first-order valence-electron chi connectivity index (χ1n) is 6.69. The Morgan fingerprint density at radius 3 is 2.57 bits per heavy atom. The van der Waals surface area contributed by atoms with Crippen LogP contribution in [0.2, 0.25) is 0 Å². The minimum atomic E-state index is -3.62. The van der Waals surface area contributed by atoms with Crippen molar-refractivity contribution in [3.05, 3.63) is 51.7 Å². The van der Waals surface area contributed by atoms with Crippen LogP contribution >= 0.6 is 11.3 Å². The van der Waals surface area contributed by atoms with Gasteiger partial charge in [0.05, 0.1) is 11.5 Å². The van der Waals surface area contributed by atoms with E-state index in [1.165, 1.54) is 10.9 Å². The first kappa shape index (κ1) is 16.2. The maximum Gasteiger partial charge on any atom is 0.241 e. The highest BCUT2D eigenvalue weighted by Crippen LogP contribution is 2.19. The molecule has 1 heterocycles. The summed E-state index contributed by atoms with van der Waals surface area (Å²) in [4.78, 5) is 2.51. The largest absolute Gasteiger partial charge is 0.392 e. The Hall–Kier alpha value is -1.21. The van der Waals surface area contributed by atoms with Crippen molar-refractivity contribution >= 4 is 21.4 Å². The molecule has 4 nitrogen and oxygen atoms in total. The number of sulfonamides is 1. The van der Waals surface area contributed by atoms with E-state index in [1.54, 1.807) is 29.5 Å². The molecule has 114 valence electrons. The molecule has 2 aromatic rings. The zero-order valence-corrected chi connectivity index (χ0v) is 13.7. The van der Waals surface area contributed by atoms with E-state index in [2.05, 4.69) is 4.72 Å². The Morgan fingerprint density at radius 1 is 1.24 bits per heavy atom. The van der Waals surface area contributed by atoms with E-state index >= 15 is 0 Å². The molecule has 1 unspecified atom stereocenters. The van der Waals surface area contributed by atoms with Gasteiger partial charge in [0.2, 0.25) is 10.0 Å². The highest BCUT2D eigenvalue weighted by atomic mass is 32.2. The highest BCUT2D eigenvalue weighted by molar-refractivity contribution is 7.89. The van der Waals surface area contributed by atoms with Crippen molar-refractivity contribution in [1.82, 2.24) is 4.72 Å². The molecule has 2 rings (SSSR count). The summed E-state index contributed by atoms with van der Waals surface area (Å²) in [5.41, 5.74) is 0.407. The van der Waals surface area contributed by atoms with E-state index in [-0.39, 0.29) is 17.5 Å². The van der Waals surface area contributed by atoms with E-state index in [0.717, 1.165) is 4.88 Å². The van der Waals surface area contributed by atoms with Crippen LogP contribution in [0.15, 0.2) is 41.3 Å². The summed E-state index contributed by atoms with van der Waals surface area (Å²) in [6.45, 7) is 3.57. The third-order valence-corrected chi connectivity index (χ3v) is 5.81. The predicted octanol–water partition coefficient (Wildman–Crippen LogP) is 2.46. The highest BCUT2D eigenvalue weighted by Gasteiger charge is 2.20. The second-order valence-corrected chi connectivity index (χ2v) is 8.06. The number of thiophene rings is 1. The molecule has 0 spiro atoms. The second kappa shape index (κ2) is 6.70. The van der Waals surface area contributed by atoms with Gasteiger partial charge in [0.1, 0.15) is 0 Å². The summed E-state index contributed by atoms with van der Waals surface area (Å²) in [6, 6.07) is 10.3. The molecule has 0 aliphatic carbocycles. The zero-order valence-electron chi connectivity index (χ0n) is 12.0. The number of aryl methyl sites for hydroxylation is 1. The Morgan fingerprint density at radius 2 is 1.95 bits per heavy atom. The molecule has 0 aliphatic rings. The van der Waals surface area contributed by atoms with Crippen molar-refractivity contribution in [1.29, 1.82) is 0 Å². The normalized spacial score (nSPS) is 13.3. The monoisotopic (exact) mass is 325 g/mol. The van der Waals surface area contributed by atoms with E-state index in [0.29, 0.717) is 12.0 Å². The first-order chi connectivity index (χ1) is 9.92. The summed E-state index contributed by atoms with van der Waals surface area (Å²) in [5.74, 6) is 0. The number of rotatable bonds is 6. The third kappa shape index (κ3) is 4.14. The smallest absolute Gasteiger partial charge is 0.241 e. The summed E-state index contributed by atoms with van der Waals surface area (Å²) in [5, 5.41) is 9.26. The van der Waals surface area contributed by atoms with Crippen LogP contribution in [0.1, 0.15) is 22.2 Å². The fraction of sp³-hybridized carbons (Fsp3) is 0.333. The first-order valence-corrected chi connectivity index (χ1v) is 8.99. The molecular weight excluding hydrogens is 306 g/mol. The van der Waals surface area contributed by atoms with E-state index in [9.17, 15) is 13.5 Å². The molecule has 0 aliphatic heterocycles. The average molecular weight is 325 g/mol. The molecule has 0 bridgehead atoms. The van der Waals surface area contributed by atoms with Gasteiger partial charge in [0, 0.05) is 15.8 Å². The molecule has 2 N–H and O–H groups in total. The number of aliphatic hydroxyl groups excluding tert-OH is 1. The van der Waals surface area contributed by atoms with Crippen LogP contribution in [0.25, 0.3) is 0 Å². The second-order valence-electron chi connectivity index (χ2n) is 5.00. The van der Waals surface area contributed by atoms with Crippen molar-refractivity contribution in [2.75, 3.05) is 0 Å². The van der Waals surface area contributed by atoms with Crippen molar-refractivity contribution in [2.45, 2.75) is 37.8 Å². The van der Waals surface area contributed by atoms with Gasteiger partial charge in [-0.05, 0) is 44.0 Å². The summed E-state index contributed by atoms with van der Waals surface area (Å²) >= 11 is 1.67. The number of aliphatic hydroxyl groups is 1. The Balaban J connectivity index is 2.13.